The molecule has 2 N–H and O–H groups in total. The van der Waals surface area contributed by atoms with Crippen molar-refractivity contribution in [2.24, 2.45) is 0 Å². The molecule has 2 rings (SSSR count). The highest BCUT2D eigenvalue weighted by atomic mass is 16.4. The zero-order valence-electron chi connectivity index (χ0n) is 11.0. The van der Waals surface area contributed by atoms with E-state index in [1.165, 1.54) is 12.3 Å². The van der Waals surface area contributed by atoms with E-state index in [1.54, 1.807) is 0 Å². The molecule has 1 amide bonds. The zero-order valence-corrected chi connectivity index (χ0v) is 11.0. The van der Waals surface area contributed by atoms with Crippen LogP contribution in [0.25, 0.3) is 0 Å². The van der Waals surface area contributed by atoms with Crippen LogP contribution in [0.5, 0.6) is 0 Å². The first kappa shape index (κ1) is 13.6. The van der Waals surface area contributed by atoms with Gasteiger partial charge in [0.25, 0.3) is 0 Å². The first-order valence-corrected chi connectivity index (χ1v) is 6.40. The summed E-state index contributed by atoms with van der Waals surface area (Å²) < 4.78 is 4.98. The smallest absolute Gasteiger partial charge is 0.339 e. The molecule has 0 aliphatic carbocycles. The van der Waals surface area contributed by atoms with Crippen LogP contribution in [0.15, 0.2) is 16.7 Å². The number of carboxylic acids is 1. The summed E-state index contributed by atoms with van der Waals surface area (Å²) in [6.45, 7) is 4.08. The molecule has 1 fully saturated rings. The fourth-order valence-corrected chi connectivity index (χ4v) is 2.46. The number of amides is 1. The molecule has 0 radical (unpaired) electrons. The summed E-state index contributed by atoms with van der Waals surface area (Å²) >= 11 is 0. The van der Waals surface area contributed by atoms with Crippen LogP contribution < -0.4 is 5.43 Å². The number of piperidine rings is 1. The molecule has 0 bridgehead atoms. The summed E-state index contributed by atoms with van der Waals surface area (Å²) in [6.07, 6.45) is 4.36. The normalized spacial score (nSPS) is 24.1. The first-order chi connectivity index (χ1) is 9.00. The van der Waals surface area contributed by atoms with Crippen molar-refractivity contribution in [3.63, 3.8) is 0 Å². The molecule has 1 aromatic rings. The van der Waals surface area contributed by atoms with Gasteiger partial charge in [-0.1, -0.05) is 6.42 Å². The number of aromatic carboxylic acids is 1. The molecule has 6 nitrogen and oxygen atoms in total. The summed E-state index contributed by atoms with van der Waals surface area (Å²) in [4.78, 5) is 23.0. The molecule has 19 heavy (non-hydrogen) atoms. The maximum atomic E-state index is 12.1. The third-order valence-electron chi connectivity index (χ3n) is 3.53. The molecule has 1 saturated heterocycles. The number of hydrazine groups is 1. The second-order valence-electron chi connectivity index (χ2n) is 4.95. The highest BCUT2D eigenvalue weighted by Crippen LogP contribution is 2.21. The quantitative estimate of drug-likeness (QED) is 0.872. The zero-order chi connectivity index (χ0) is 14.0. The maximum Gasteiger partial charge on any atom is 0.339 e. The van der Waals surface area contributed by atoms with Gasteiger partial charge >= 0.3 is 11.9 Å². The van der Waals surface area contributed by atoms with Gasteiger partial charge in [0, 0.05) is 12.1 Å². The highest BCUT2D eigenvalue weighted by molar-refractivity contribution is 6.02. The van der Waals surface area contributed by atoms with Gasteiger partial charge in [-0.15, -0.1) is 0 Å². The van der Waals surface area contributed by atoms with Crippen molar-refractivity contribution in [2.45, 2.75) is 45.2 Å². The largest absolute Gasteiger partial charge is 0.478 e. The Morgan fingerprint density at radius 3 is 2.58 bits per heavy atom. The number of nitrogens with zero attached hydrogens (tertiary/aromatic N) is 1. The van der Waals surface area contributed by atoms with Gasteiger partial charge in [-0.2, -0.15) is 0 Å². The molecule has 2 heterocycles. The Hall–Kier alpha value is -1.82. The minimum atomic E-state index is -1.17. The number of hydrogen-bond acceptors (Lipinski definition) is 4. The van der Waals surface area contributed by atoms with Gasteiger partial charge in [0.05, 0.1) is 6.26 Å². The number of rotatable bonds is 3. The number of nitrogens with one attached hydrogen (secondary N) is 1. The van der Waals surface area contributed by atoms with Crippen LogP contribution in [0.2, 0.25) is 0 Å². The van der Waals surface area contributed by atoms with E-state index in [0.717, 1.165) is 19.3 Å². The lowest BCUT2D eigenvalue weighted by Gasteiger charge is -2.38. The number of carbonyl (C=O) groups excluding carboxylic acids is 1. The molecule has 1 aromatic heterocycles. The van der Waals surface area contributed by atoms with Crippen LogP contribution in [0.3, 0.4) is 0 Å². The average molecular weight is 266 g/mol. The standard InChI is InChI=1S/C13H18N2O4/c1-8-4-3-5-9(2)15(8)14-12(16)11-10(13(17)18)6-7-19-11/h6-9H,3-5H2,1-2H3,(H,14,16)(H,17,18). The maximum absolute atomic E-state index is 12.1. The Morgan fingerprint density at radius 2 is 2.00 bits per heavy atom. The van der Waals surface area contributed by atoms with Gasteiger partial charge in [-0.25, -0.2) is 9.80 Å². The van der Waals surface area contributed by atoms with Crippen molar-refractivity contribution in [1.82, 2.24) is 10.4 Å². The topological polar surface area (TPSA) is 82.8 Å². The van der Waals surface area contributed by atoms with Gasteiger partial charge in [0.15, 0.2) is 0 Å². The Morgan fingerprint density at radius 1 is 1.37 bits per heavy atom. The van der Waals surface area contributed by atoms with Crippen LogP contribution >= 0.6 is 0 Å². The van der Waals surface area contributed by atoms with Gasteiger partial charge < -0.3 is 9.52 Å². The van der Waals surface area contributed by atoms with E-state index in [9.17, 15) is 9.59 Å². The third kappa shape index (κ3) is 2.78. The Balaban J connectivity index is 2.12. The lowest BCUT2D eigenvalue weighted by Crippen LogP contribution is -2.54. The predicted octanol–water partition coefficient (Wildman–Crippen LogP) is 1.89. The van der Waals surface area contributed by atoms with Gasteiger partial charge in [0.2, 0.25) is 5.76 Å². The van der Waals surface area contributed by atoms with Crippen molar-refractivity contribution >= 4 is 11.9 Å². The van der Waals surface area contributed by atoms with Crippen LogP contribution in [-0.2, 0) is 0 Å². The number of carbonyl (C=O) groups is 2. The molecule has 1 aliphatic heterocycles. The second-order valence-corrected chi connectivity index (χ2v) is 4.95. The SMILES string of the molecule is CC1CCCC(C)N1NC(=O)c1occc1C(=O)O. The molecule has 2 unspecified atom stereocenters. The van der Waals surface area contributed by atoms with Crippen molar-refractivity contribution in [1.29, 1.82) is 0 Å². The molecule has 6 heteroatoms. The summed E-state index contributed by atoms with van der Waals surface area (Å²) in [5.74, 6) is -1.83. The molecule has 2 atom stereocenters. The van der Waals surface area contributed by atoms with Crippen LogP contribution in [0, 0.1) is 0 Å². The number of hydrogen-bond donors (Lipinski definition) is 2. The Labute approximate surface area is 111 Å². The van der Waals surface area contributed by atoms with Crippen molar-refractivity contribution in [3.05, 3.63) is 23.7 Å². The summed E-state index contributed by atoms with van der Waals surface area (Å²) in [5, 5.41) is 10.8. The fourth-order valence-electron chi connectivity index (χ4n) is 2.46. The van der Waals surface area contributed by atoms with E-state index < -0.39 is 11.9 Å². The lowest BCUT2D eigenvalue weighted by atomic mass is 10.00. The van der Waals surface area contributed by atoms with E-state index in [0.29, 0.717) is 0 Å². The lowest BCUT2D eigenvalue weighted by molar-refractivity contribution is 0.0347. The minimum Gasteiger partial charge on any atom is -0.478 e. The number of furan rings is 1. The monoisotopic (exact) mass is 266 g/mol. The van der Waals surface area contributed by atoms with E-state index in [1.807, 2.05) is 18.9 Å². The predicted molar refractivity (Wildman–Crippen MR) is 67.7 cm³/mol. The first-order valence-electron chi connectivity index (χ1n) is 6.40. The van der Waals surface area contributed by atoms with E-state index in [4.69, 9.17) is 9.52 Å². The number of carboxylic acid groups (broad SMARTS) is 1. The molecule has 0 aromatic carbocycles. The minimum absolute atomic E-state index is 0.116. The van der Waals surface area contributed by atoms with E-state index in [2.05, 4.69) is 5.43 Å². The summed E-state index contributed by atoms with van der Waals surface area (Å²) in [7, 11) is 0. The Kier molecular flexibility index (Phi) is 3.90. The van der Waals surface area contributed by atoms with Crippen LogP contribution in [0.4, 0.5) is 0 Å². The van der Waals surface area contributed by atoms with E-state index in [-0.39, 0.29) is 23.4 Å². The van der Waals surface area contributed by atoms with Crippen molar-refractivity contribution < 1.29 is 19.1 Å². The summed E-state index contributed by atoms with van der Waals surface area (Å²) in [6, 6.07) is 1.74. The van der Waals surface area contributed by atoms with Gasteiger partial charge in [-0.3, -0.25) is 10.2 Å². The molecule has 1 aliphatic rings. The van der Waals surface area contributed by atoms with Gasteiger partial charge in [-0.05, 0) is 32.8 Å². The molecule has 104 valence electrons. The third-order valence-corrected chi connectivity index (χ3v) is 3.53. The fraction of sp³-hybridized carbons (Fsp3) is 0.538. The molecular formula is C13H18N2O4. The van der Waals surface area contributed by atoms with Crippen LogP contribution in [-0.4, -0.2) is 34.1 Å². The highest BCUT2D eigenvalue weighted by Gasteiger charge is 2.28. The molecule has 0 saturated carbocycles. The van der Waals surface area contributed by atoms with Crippen molar-refractivity contribution in [2.75, 3.05) is 0 Å². The molecule has 0 spiro atoms. The summed E-state index contributed by atoms with van der Waals surface area (Å²) in [5.41, 5.74) is 2.64. The molecular weight excluding hydrogens is 248 g/mol. The second kappa shape index (κ2) is 5.44. The van der Waals surface area contributed by atoms with Crippen LogP contribution in [0.1, 0.15) is 54.0 Å². The van der Waals surface area contributed by atoms with Crippen molar-refractivity contribution in [3.8, 4) is 0 Å². The average Bonchev–Trinajstić information content (AvgIpc) is 2.83. The van der Waals surface area contributed by atoms with E-state index >= 15 is 0 Å². The Bertz CT molecular complexity index is 473. The van der Waals surface area contributed by atoms with Gasteiger partial charge in [0.1, 0.15) is 5.56 Å².